The molecule has 0 saturated heterocycles. The molecule has 0 N–H and O–H groups in total. The zero-order valence-corrected chi connectivity index (χ0v) is 9.85. The molecule has 0 atom stereocenters. The fourth-order valence-corrected chi connectivity index (χ4v) is 1.21. The van der Waals surface area contributed by atoms with Gasteiger partial charge in [0.2, 0.25) is 0 Å². The van der Waals surface area contributed by atoms with Crippen LogP contribution in [-0.4, -0.2) is 19.2 Å². The molecule has 0 bridgehead atoms. The molecule has 0 fully saturated rings. The Bertz CT molecular complexity index is 491. The number of hydrogen-bond acceptors (Lipinski definition) is 4. The minimum Gasteiger partial charge on any atom is -0.488 e. The number of nitriles is 1. The van der Waals surface area contributed by atoms with Crippen molar-refractivity contribution >= 4 is 5.97 Å². The molecule has 1 rings (SSSR count). The van der Waals surface area contributed by atoms with E-state index in [0.717, 1.165) is 0 Å². The van der Waals surface area contributed by atoms with E-state index in [1.807, 2.05) is 0 Å². The quantitative estimate of drug-likeness (QED) is 0.593. The van der Waals surface area contributed by atoms with Gasteiger partial charge in [-0.25, -0.2) is 9.18 Å². The zero-order chi connectivity index (χ0) is 13.4. The van der Waals surface area contributed by atoms with Crippen LogP contribution in [0.1, 0.15) is 12.5 Å². The highest BCUT2D eigenvalue weighted by Gasteiger charge is 2.07. The third-order valence-corrected chi connectivity index (χ3v) is 1.96. The van der Waals surface area contributed by atoms with Gasteiger partial charge in [0.15, 0.2) is 0 Å². The van der Waals surface area contributed by atoms with E-state index in [1.54, 1.807) is 13.0 Å². The zero-order valence-electron chi connectivity index (χ0n) is 9.85. The average molecular weight is 249 g/mol. The van der Waals surface area contributed by atoms with Crippen molar-refractivity contribution in [3.63, 3.8) is 0 Å². The lowest BCUT2D eigenvalue weighted by molar-refractivity contribution is -0.137. The number of nitrogens with zero attached hydrogens (tertiary/aromatic N) is 1. The Morgan fingerprint density at radius 1 is 1.56 bits per heavy atom. The van der Waals surface area contributed by atoms with Gasteiger partial charge in [-0.1, -0.05) is 6.07 Å². The number of hydrogen-bond donors (Lipinski definition) is 0. The predicted octanol–water partition coefficient (Wildman–Crippen LogP) is 2.20. The minimum absolute atomic E-state index is 0.0525. The maximum Gasteiger partial charge on any atom is 0.330 e. The summed E-state index contributed by atoms with van der Waals surface area (Å²) < 4.78 is 23.0. The van der Waals surface area contributed by atoms with Crippen LogP contribution in [0.2, 0.25) is 0 Å². The van der Waals surface area contributed by atoms with Crippen molar-refractivity contribution in [2.75, 3.05) is 13.2 Å². The molecule has 4 nitrogen and oxygen atoms in total. The van der Waals surface area contributed by atoms with Crippen LogP contribution < -0.4 is 4.74 Å². The van der Waals surface area contributed by atoms with Gasteiger partial charge in [0, 0.05) is 6.08 Å². The van der Waals surface area contributed by atoms with Gasteiger partial charge in [0.1, 0.15) is 29.8 Å². The summed E-state index contributed by atoms with van der Waals surface area (Å²) in [5.74, 6) is -0.962. The van der Waals surface area contributed by atoms with Crippen LogP contribution >= 0.6 is 0 Å². The standard InChI is InChI=1S/C13H12FNO3/c1-2-17-13(16)7-4-8-18-12-6-3-5-11(14)10(12)9-15/h3-7H,2,8H2,1H3/b7-4+. The van der Waals surface area contributed by atoms with E-state index >= 15 is 0 Å². The van der Waals surface area contributed by atoms with Crippen LogP contribution in [0.25, 0.3) is 0 Å². The number of halogens is 1. The molecule has 1 aromatic rings. The van der Waals surface area contributed by atoms with Gasteiger partial charge in [-0.2, -0.15) is 5.26 Å². The second-order valence-electron chi connectivity index (χ2n) is 3.19. The molecule has 18 heavy (non-hydrogen) atoms. The highest BCUT2D eigenvalue weighted by atomic mass is 19.1. The molecule has 0 radical (unpaired) electrons. The maximum absolute atomic E-state index is 13.2. The Labute approximate surface area is 104 Å². The predicted molar refractivity (Wildman–Crippen MR) is 62.4 cm³/mol. The summed E-state index contributed by atoms with van der Waals surface area (Å²) >= 11 is 0. The van der Waals surface area contributed by atoms with Crippen LogP contribution in [-0.2, 0) is 9.53 Å². The van der Waals surface area contributed by atoms with Crippen molar-refractivity contribution < 1.29 is 18.7 Å². The van der Waals surface area contributed by atoms with Gasteiger partial charge in [0.25, 0.3) is 0 Å². The van der Waals surface area contributed by atoms with E-state index < -0.39 is 11.8 Å². The molecule has 0 amide bonds. The van der Waals surface area contributed by atoms with Gasteiger partial charge in [-0.3, -0.25) is 0 Å². The largest absolute Gasteiger partial charge is 0.488 e. The van der Waals surface area contributed by atoms with E-state index in [2.05, 4.69) is 4.74 Å². The van der Waals surface area contributed by atoms with Crippen molar-refractivity contribution in [2.45, 2.75) is 6.92 Å². The third kappa shape index (κ3) is 3.91. The highest BCUT2D eigenvalue weighted by Crippen LogP contribution is 2.20. The summed E-state index contributed by atoms with van der Waals surface area (Å²) in [6.45, 7) is 2.05. The van der Waals surface area contributed by atoms with E-state index in [4.69, 9.17) is 10.00 Å². The molecule has 0 heterocycles. The van der Waals surface area contributed by atoms with Crippen LogP contribution in [0.3, 0.4) is 0 Å². The van der Waals surface area contributed by atoms with Crippen molar-refractivity contribution in [1.82, 2.24) is 0 Å². The fraction of sp³-hybridized carbons (Fsp3) is 0.231. The SMILES string of the molecule is CCOC(=O)/C=C/COc1cccc(F)c1C#N. The van der Waals surface area contributed by atoms with Crippen LogP contribution in [0.5, 0.6) is 5.75 Å². The number of benzene rings is 1. The van der Waals surface area contributed by atoms with Crippen LogP contribution in [0.15, 0.2) is 30.4 Å². The second-order valence-corrected chi connectivity index (χ2v) is 3.19. The van der Waals surface area contributed by atoms with Crippen molar-refractivity contribution in [1.29, 1.82) is 5.26 Å². The first-order valence-electron chi connectivity index (χ1n) is 5.33. The lowest BCUT2D eigenvalue weighted by Gasteiger charge is -2.05. The Morgan fingerprint density at radius 2 is 2.33 bits per heavy atom. The van der Waals surface area contributed by atoms with E-state index in [0.29, 0.717) is 6.61 Å². The number of carbonyl (C=O) groups excluding carboxylic acids is 1. The molecule has 94 valence electrons. The lowest BCUT2D eigenvalue weighted by Crippen LogP contribution is -2.01. The monoisotopic (exact) mass is 249 g/mol. The Hall–Kier alpha value is -2.35. The molecule has 0 unspecified atom stereocenters. The summed E-state index contributed by atoms with van der Waals surface area (Å²) in [6.07, 6.45) is 2.65. The minimum atomic E-state index is -0.635. The smallest absolute Gasteiger partial charge is 0.330 e. The van der Waals surface area contributed by atoms with Gasteiger partial charge in [-0.05, 0) is 25.1 Å². The van der Waals surface area contributed by atoms with Crippen LogP contribution in [0.4, 0.5) is 4.39 Å². The number of ether oxygens (including phenoxy) is 2. The topological polar surface area (TPSA) is 59.3 Å². The summed E-state index contributed by atoms with van der Waals surface area (Å²) in [5.41, 5.74) is -0.151. The molecule has 0 aliphatic carbocycles. The first-order valence-corrected chi connectivity index (χ1v) is 5.33. The summed E-state index contributed by atoms with van der Waals surface area (Å²) in [6, 6.07) is 5.83. The molecule has 1 aromatic carbocycles. The third-order valence-electron chi connectivity index (χ3n) is 1.96. The molecule has 0 aromatic heterocycles. The lowest BCUT2D eigenvalue weighted by atomic mass is 10.2. The Balaban J connectivity index is 2.57. The molecule has 0 saturated carbocycles. The summed E-state index contributed by atoms with van der Waals surface area (Å²) in [7, 11) is 0. The molecule has 0 aliphatic heterocycles. The molecular formula is C13H12FNO3. The van der Waals surface area contributed by atoms with Crippen LogP contribution in [0, 0.1) is 17.1 Å². The average Bonchev–Trinajstić information content (AvgIpc) is 2.35. The van der Waals surface area contributed by atoms with Gasteiger partial charge in [0.05, 0.1) is 6.61 Å². The van der Waals surface area contributed by atoms with E-state index in [-0.39, 0.29) is 17.9 Å². The fourth-order valence-electron chi connectivity index (χ4n) is 1.21. The number of carbonyl (C=O) groups is 1. The number of rotatable bonds is 5. The van der Waals surface area contributed by atoms with Crippen molar-refractivity contribution in [2.24, 2.45) is 0 Å². The highest BCUT2D eigenvalue weighted by molar-refractivity contribution is 5.81. The van der Waals surface area contributed by atoms with E-state index in [9.17, 15) is 9.18 Å². The molecule has 0 spiro atoms. The van der Waals surface area contributed by atoms with Gasteiger partial charge < -0.3 is 9.47 Å². The summed E-state index contributed by atoms with van der Waals surface area (Å²) in [4.78, 5) is 11.0. The van der Waals surface area contributed by atoms with Gasteiger partial charge >= 0.3 is 5.97 Å². The van der Waals surface area contributed by atoms with Crippen molar-refractivity contribution in [3.8, 4) is 11.8 Å². The number of esters is 1. The second kappa shape index (κ2) is 7.07. The Kier molecular flexibility index (Phi) is 5.39. The Morgan fingerprint density at radius 3 is 3.00 bits per heavy atom. The summed E-state index contributed by atoms with van der Waals surface area (Å²) in [5, 5.41) is 8.75. The maximum atomic E-state index is 13.2. The normalized spacial score (nSPS) is 10.1. The van der Waals surface area contributed by atoms with Crippen molar-refractivity contribution in [3.05, 3.63) is 41.7 Å². The molecule has 0 aliphatic rings. The van der Waals surface area contributed by atoms with E-state index in [1.165, 1.54) is 30.4 Å². The first-order chi connectivity index (χ1) is 8.69. The first kappa shape index (κ1) is 13.7. The molecular weight excluding hydrogens is 237 g/mol. The van der Waals surface area contributed by atoms with Gasteiger partial charge in [-0.15, -0.1) is 0 Å². The molecule has 5 heteroatoms.